The lowest BCUT2D eigenvalue weighted by Gasteiger charge is -2.04. The number of benzene rings is 1. The maximum atomic E-state index is 11.4. The molecule has 0 amide bonds. The highest BCUT2D eigenvalue weighted by Gasteiger charge is 2.12. The molecule has 0 fully saturated rings. The molecular formula is C13H12O6. The minimum absolute atomic E-state index is 0.0893. The number of hydrogen-bond acceptors (Lipinski definition) is 5. The Kier molecular flexibility index (Phi) is 5.28. The van der Waals surface area contributed by atoms with E-state index >= 15 is 0 Å². The number of carboxylic acid groups (broad SMARTS) is 1. The van der Waals surface area contributed by atoms with Crippen LogP contribution in [0.25, 0.3) is 0 Å². The first-order valence-corrected chi connectivity index (χ1v) is 5.43. The Morgan fingerprint density at radius 3 is 2.42 bits per heavy atom. The molecule has 0 atom stereocenters. The second-order valence-corrected chi connectivity index (χ2v) is 3.31. The van der Waals surface area contributed by atoms with Crippen LogP contribution in [0.3, 0.4) is 0 Å². The first-order valence-electron chi connectivity index (χ1n) is 5.43. The molecule has 0 saturated heterocycles. The van der Waals surface area contributed by atoms with Gasteiger partial charge in [0.25, 0.3) is 0 Å². The van der Waals surface area contributed by atoms with Gasteiger partial charge in [0.1, 0.15) is 11.3 Å². The van der Waals surface area contributed by atoms with E-state index in [1.807, 2.05) is 0 Å². The van der Waals surface area contributed by atoms with E-state index in [-0.39, 0.29) is 17.9 Å². The monoisotopic (exact) mass is 264 g/mol. The fraction of sp³-hybridized carbons (Fsp3) is 0.154. The van der Waals surface area contributed by atoms with Gasteiger partial charge in [-0.2, -0.15) is 0 Å². The number of aromatic carboxylic acids is 1. The summed E-state index contributed by atoms with van der Waals surface area (Å²) >= 11 is 0. The second-order valence-electron chi connectivity index (χ2n) is 3.31. The van der Waals surface area contributed by atoms with E-state index in [0.717, 1.165) is 12.2 Å². The molecule has 1 N–H and O–H groups in total. The van der Waals surface area contributed by atoms with E-state index in [1.165, 1.54) is 24.3 Å². The maximum absolute atomic E-state index is 11.4. The molecule has 0 saturated carbocycles. The van der Waals surface area contributed by atoms with Gasteiger partial charge in [-0.05, 0) is 19.1 Å². The molecule has 6 nitrogen and oxygen atoms in total. The SMILES string of the molecule is CCOC(=O)/C=C/C(=O)Oc1ccccc1C(=O)O. The molecule has 0 aliphatic rings. The highest BCUT2D eigenvalue weighted by molar-refractivity contribution is 5.95. The standard InChI is InChI=1S/C13H12O6/c1-2-18-11(14)7-8-12(15)19-10-6-4-3-5-9(10)13(16)17/h3-8H,2H2,1H3,(H,16,17)/b8-7+. The molecular weight excluding hydrogens is 252 g/mol. The molecule has 19 heavy (non-hydrogen) atoms. The van der Waals surface area contributed by atoms with Crippen LogP contribution in [-0.4, -0.2) is 29.6 Å². The van der Waals surface area contributed by atoms with Gasteiger partial charge in [0.05, 0.1) is 6.61 Å². The number of esters is 2. The normalized spacial score (nSPS) is 10.2. The summed E-state index contributed by atoms with van der Waals surface area (Å²) < 4.78 is 9.40. The van der Waals surface area contributed by atoms with Gasteiger partial charge in [-0.15, -0.1) is 0 Å². The molecule has 100 valence electrons. The highest BCUT2D eigenvalue weighted by Crippen LogP contribution is 2.17. The van der Waals surface area contributed by atoms with Gasteiger partial charge in [0.15, 0.2) is 0 Å². The topological polar surface area (TPSA) is 89.9 Å². The molecule has 1 rings (SSSR count). The van der Waals surface area contributed by atoms with Crippen LogP contribution in [0.1, 0.15) is 17.3 Å². The molecule has 6 heteroatoms. The lowest BCUT2D eigenvalue weighted by Crippen LogP contribution is -2.09. The zero-order chi connectivity index (χ0) is 14.3. The lowest BCUT2D eigenvalue weighted by molar-refractivity contribution is -0.138. The van der Waals surface area contributed by atoms with Crippen LogP contribution in [0.15, 0.2) is 36.4 Å². The van der Waals surface area contributed by atoms with Crippen molar-refractivity contribution in [1.82, 2.24) is 0 Å². The van der Waals surface area contributed by atoms with Gasteiger partial charge in [0, 0.05) is 12.2 Å². The summed E-state index contributed by atoms with van der Waals surface area (Å²) in [6, 6.07) is 5.69. The van der Waals surface area contributed by atoms with E-state index < -0.39 is 17.9 Å². The Morgan fingerprint density at radius 2 is 1.79 bits per heavy atom. The molecule has 0 radical (unpaired) electrons. The van der Waals surface area contributed by atoms with Crippen LogP contribution in [-0.2, 0) is 14.3 Å². The van der Waals surface area contributed by atoms with E-state index in [0.29, 0.717) is 0 Å². The third-order valence-corrected chi connectivity index (χ3v) is 1.97. The number of carbonyl (C=O) groups excluding carboxylic acids is 2. The predicted molar refractivity (Wildman–Crippen MR) is 64.8 cm³/mol. The Labute approximate surface area is 109 Å². The number of carboxylic acids is 1. The third-order valence-electron chi connectivity index (χ3n) is 1.97. The van der Waals surface area contributed by atoms with Crippen LogP contribution >= 0.6 is 0 Å². The minimum atomic E-state index is -1.21. The largest absolute Gasteiger partial charge is 0.478 e. The summed E-state index contributed by atoms with van der Waals surface area (Å²) in [5.74, 6) is -2.83. The fourth-order valence-corrected chi connectivity index (χ4v) is 1.20. The lowest BCUT2D eigenvalue weighted by atomic mass is 10.2. The summed E-state index contributed by atoms with van der Waals surface area (Å²) in [5, 5.41) is 8.88. The summed E-state index contributed by atoms with van der Waals surface area (Å²) in [6.07, 6.45) is 1.78. The van der Waals surface area contributed by atoms with Crippen molar-refractivity contribution in [3.63, 3.8) is 0 Å². The number of rotatable bonds is 5. The number of hydrogen-bond donors (Lipinski definition) is 1. The highest BCUT2D eigenvalue weighted by atomic mass is 16.5. The summed E-state index contributed by atoms with van der Waals surface area (Å²) in [6.45, 7) is 1.83. The van der Waals surface area contributed by atoms with Crippen molar-refractivity contribution in [2.24, 2.45) is 0 Å². The first-order chi connectivity index (χ1) is 9.04. The smallest absolute Gasteiger partial charge is 0.339 e. The molecule has 0 bridgehead atoms. The number of ether oxygens (including phenoxy) is 2. The molecule has 1 aromatic carbocycles. The quantitative estimate of drug-likeness (QED) is 0.491. The van der Waals surface area contributed by atoms with Crippen LogP contribution < -0.4 is 4.74 Å². The van der Waals surface area contributed by atoms with Gasteiger partial charge in [-0.1, -0.05) is 12.1 Å². The van der Waals surface area contributed by atoms with E-state index in [9.17, 15) is 14.4 Å². The Morgan fingerprint density at radius 1 is 1.16 bits per heavy atom. The van der Waals surface area contributed by atoms with Crippen LogP contribution in [0, 0.1) is 0 Å². The first kappa shape index (κ1) is 14.4. The second kappa shape index (κ2) is 6.95. The van der Waals surface area contributed by atoms with E-state index in [4.69, 9.17) is 9.84 Å². The van der Waals surface area contributed by atoms with Gasteiger partial charge in [-0.3, -0.25) is 0 Å². The molecule has 0 aliphatic carbocycles. The molecule has 0 heterocycles. The molecule has 0 unspecified atom stereocenters. The average molecular weight is 264 g/mol. The number of carbonyl (C=O) groups is 3. The van der Waals surface area contributed by atoms with Crippen molar-refractivity contribution < 1.29 is 29.0 Å². The summed E-state index contributed by atoms with van der Waals surface area (Å²) in [4.78, 5) is 33.2. The zero-order valence-corrected chi connectivity index (χ0v) is 10.2. The fourth-order valence-electron chi connectivity index (χ4n) is 1.20. The Balaban J connectivity index is 2.72. The van der Waals surface area contributed by atoms with Crippen molar-refractivity contribution in [2.75, 3.05) is 6.61 Å². The predicted octanol–water partition coefficient (Wildman–Crippen LogP) is 1.41. The summed E-state index contributed by atoms with van der Waals surface area (Å²) in [5.41, 5.74) is -0.139. The number of para-hydroxylation sites is 1. The molecule has 0 spiro atoms. The van der Waals surface area contributed by atoms with E-state index in [2.05, 4.69) is 4.74 Å². The maximum Gasteiger partial charge on any atom is 0.339 e. The molecule has 1 aromatic rings. The van der Waals surface area contributed by atoms with Gasteiger partial charge in [-0.25, -0.2) is 14.4 Å². The van der Waals surface area contributed by atoms with E-state index in [1.54, 1.807) is 6.92 Å². The minimum Gasteiger partial charge on any atom is -0.478 e. The van der Waals surface area contributed by atoms with Crippen molar-refractivity contribution in [2.45, 2.75) is 6.92 Å². The zero-order valence-electron chi connectivity index (χ0n) is 10.2. The van der Waals surface area contributed by atoms with Crippen molar-refractivity contribution in [3.8, 4) is 5.75 Å². The Bertz CT molecular complexity index is 518. The van der Waals surface area contributed by atoms with Gasteiger partial charge >= 0.3 is 17.9 Å². The van der Waals surface area contributed by atoms with Crippen LogP contribution in [0.5, 0.6) is 5.75 Å². The van der Waals surface area contributed by atoms with Gasteiger partial charge < -0.3 is 14.6 Å². The average Bonchev–Trinajstić information content (AvgIpc) is 2.37. The van der Waals surface area contributed by atoms with Crippen molar-refractivity contribution >= 4 is 17.9 Å². The van der Waals surface area contributed by atoms with Crippen LogP contribution in [0.2, 0.25) is 0 Å². The molecule has 0 aliphatic heterocycles. The van der Waals surface area contributed by atoms with Crippen molar-refractivity contribution in [1.29, 1.82) is 0 Å². The van der Waals surface area contributed by atoms with Crippen molar-refractivity contribution in [3.05, 3.63) is 42.0 Å². The van der Waals surface area contributed by atoms with Crippen LogP contribution in [0.4, 0.5) is 0 Å². The third kappa shape index (κ3) is 4.63. The molecule has 0 aromatic heterocycles. The summed E-state index contributed by atoms with van der Waals surface area (Å²) in [7, 11) is 0. The Hall–Kier alpha value is -2.63. The van der Waals surface area contributed by atoms with Gasteiger partial charge in [0.2, 0.25) is 0 Å².